The molecule has 0 bridgehead atoms. The van der Waals surface area contributed by atoms with Gasteiger partial charge in [0.2, 0.25) is 0 Å². The van der Waals surface area contributed by atoms with E-state index in [4.69, 9.17) is 16.1 Å². The molecule has 2 aromatic rings. The molecule has 138 valence electrons. The highest BCUT2D eigenvalue weighted by molar-refractivity contribution is 6.30. The first-order valence-electron chi connectivity index (χ1n) is 8.50. The zero-order chi connectivity index (χ0) is 18.8. The van der Waals surface area contributed by atoms with Crippen LogP contribution >= 0.6 is 11.6 Å². The predicted molar refractivity (Wildman–Crippen MR) is 99.7 cm³/mol. The summed E-state index contributed by atoms with van der Waals surface area (Å²) in [6, 6.07) is 4.76. The first kappa shape index (κ1) is 18.5. The molecule has 3 rings (SSSR count). The first-order valence-corrected chi connectivity index (χ1v) is 8.88. The van der Waals surface area contributed by atoms with Gasteiger partial charge in [0, 0.05) is 24.2 Å². The minimum Gasteiger partial charge on any atom is -0.359 e. The quantitative estimate of drug-likeness (QED) is 0.797. The molecular weight excluding hydrogens is 357 g/mol. The molecule has 7 heteroatoms. The number of carbonyl (C=O) groups is 1. The van der Waals surface area contributed by atoms with E-state index < -0.39 is 5.82 Å². The molecule has 1 unspecified atom stereocenters. The summed E-state index contributed by atoms with van der Waals surface area (Å²) in [5.74, 6) is 0.836. The van der Waals surface area contributed by atoms with E-state index >= 15 is 0 Å². The Kier molecular flexibility index (Phi) is 5.32. The molecule has 1 aromatic carbocycles. The molecule has 1 fully saturated rings. The molecule has 0 saturated carbocycles. The number of rotatable bonds is 2. The van der Waals surface area contributed by atoms with E-state index in [2.05, 4.69) is 10.5 Å². The number of halogens is 2. The summed E-state index contributed by atoms with van der Waals surface area (Å²) >= 11 is 5.85. The predicted octanol–water partition coefficient (Wildman–Crippen LogP) is 5.04. The van der Waals surface area contributed by atoms with Crippen molar-refractivity contribution in [1.29, 1.82) is 0 Å². The summed E-state index contributed by atoms with van der Waals surface area (Å²) < 4.78 is 19.2. The van der Waals surface area contributed by atoms with Gasteiger partial charge in [-0.25, -0.2) is 9.18 Å². The Bertz CT molecular complexity index is 862. The van der Waals surface area contributed by atoms with Crippen molar-refractivity contribution >= 4 is 29.5 Å². The lowest BCUT2D eigenvalue weighted by Gasteiger charge is -2.33. The van der Waals surface area contributed by atoms with Crippen LogP contribution < -0.4 is 5.32 Å². The number of benzene rings is 1. The van der Waals surface area contributed by atoms with Gasteiger partial charge in [-0.2, -0.15) is 0 Å². The van der Waals surface area contributed by atoms with E-state index in [0.29, 0.717) is 36.7 Å². The summed E-state index contributed by atoms with van der Waals surface area (Å²) in [7, 11) is 0. The molecule has 0 radical (unpaired) electrons. The van der Waals surface area contributed by atoms with Gasteiger partial charge in [0.1, 0.15) is 11.6 Å². The van der Waals surface area contributed by atoms with Crippen LogP contribution in [0.4, 0.5) is 15.0 Å². The minimum atomic E-state index is -0.411. The van der Waals surface area contributed by atoms with Crippen molar-refractivity contribution < 1.29 is 13.7 Å². The minimum absolute atomic E-state index is 0.113. The maximum atomic E-state index is 14.1. The Morgan fingerprint density at radius 3 is 2.88 bits per heavy atom. The van der Waals surface area contributed by atoms with Crippen LogP contribution in [0.1, 0.15) is 30.2 Å². The molecule has 1 aliphatic rings. The lowest BCUT2D eigenvalue weighted by molar-refractivity contribution is 0.197. The Morgan fingerprint density at radius 2 is 2.23 bits per heavy atom. The largest absolute Gasteiger partial charge is 0.359 e. The monoisotopic (exact) mass is 377 g/mol. The van der Waals surface area contributed by atoms with Gasteiger partial charge in [0.05, 0.1) is 5.02 Å². The molecule has 0 aliphatic carbocycles. The van der Waals surface area contributed by atoms with Gasteiger partial charge < -0.3 is 9.42 Å². The molecule has 1 aromatic heterocycles. The van der Waals surface area contributed by atoms with Crippen molar-refractivity contribution in [1.82, 2.24) is 10.1 Å². The second-order valence-corrected chi connectivity index (χ2v) is 7.01. The first-order chi connectivity index (χ1) is 12.4. The fourth-order valence-corrected chi connectivity index (χ4v) is 3.18. The molecule has 5 nitrogen and oxygen atoms in total. The molecule has 1 saturated heterocycles. The van der Waals surface area contributed by atoms with Crippen LogP contribution in [0.2, 0.25) is 5.02 Å². The average Bonchev–Trinajstić information content (AvgIpc) is 2.92. The molecule has 26 heavy (non-hydrogen) atoms. The number of piperidine rings is 1. The van der Waals surface area contributed by atoms with E-state index in [0.717, 1.165) is 11.1 Å². The number of anilines is 1. The Labute approximate surface area is 156 Å². The number of amides is 2. The molecule has 0 spiro atoms. The number of aryl methyl sites for hydroxylation is 1. The Morgan fingerprint density at radius 1 is 1.46 bits per heavy atom. The van der Waals surface area contributed by atoms with Crippen LogP contribution in [0.25, 0.3) is 6.08 Å². The van der Waals surface area contributed by atoms with Crippen molar-refractivity contribution in [2.24, 2.45) is 5.92 Å². The van der Waals surface area contributed by atoms with Crippen LogP contribution in [-0.2, 0) is 0 Å². The normalized spacial score (nSPS) is 19.0. The van der Waals surface area contributed by atoms with Gasteiger partial charge in [-0.1, -0.05) is 47.5 Å². The van der Waals surface area contributed by atoms with Gasteiger partial charge in [-0.15, -0.1) is 0 Å². The fourth-order valence-electron chi connectivity index (χ4n) is 2.99. The van der Waals surface area contributed by atoms with E-state index in [1.165, 1.54) is 6.07 Å². The number of nitrogens with one attached hydrogen (secondary N) is 1. The number of likely N-dealkylation sites (tertiary alicyclic amines) is 1. The Balaban J connectivity index is 1.68. The number of hydrogen-bond donors (Lipinski definition) is 1. The maximum absolute atomic E-state index is 14.1. The third-order valence-electron chi connectivity index (χ3n) is 4.79. The maximum Gasteiger partial charge on any atom is 0.323 e. The molecule has 2 amide bonds. The zero-order valence-electron chi connectivity index (χ0n) is 15.0. The number of hydrogen-bond acceptors (Lipinski definition) is 3. The van der Waals surface area contributed by atoms with Gasteiger partial charge in [-0.3, -0.25) is 5.32 Å². The van der Waals surface area contributed by atoms with Gasteiger partial charge >= 0.3 is 6.03 Å². The topological polar surface area (TPSA) is 58.4 Å². The van der Waals surface area contributed by atoms with Gasteiger partial charge in [0.15, 0.2) is 5.82 Å². The van der Waals surface area contributed by atoms with Crippen LogP contribution in [0, 0.1) is 25.6 Å². The van der Waals surface area contributed by atoms with Crippen molar-refractivity contribution in [2.45, 2.75) is 27.2 Å². The Hall–Kier alpha value is -2.34. The van der Waals surface area contributed by atoms with Crippen LogP contribution in [0.5, 0.6) is 0 Å². The highest BCUT2D eigenvalue weighted by atomic mass is 35.5. The third-order valence-corrected chi connectivity index (χ3v) is 5.08. The summed E-state index contributed by atoms with van der Waals surface area (Å²) in [6.07, 6.45) is 2.52. The molecule has 2 heterocycles. The van der Waals surface area contributed by atoms with E-state index in [9.17, 15) is 9.18 Å². The standard InChI is InChI=1S/C19H21ClFN3O2/c1-11-10-24(19(25)22-18-12(2)13(3)26-23-18)8-7-14(11)9-15-5-4-6-16(20)17(15)21/h4-6,9,11H,7-8,10H2,1-3H3,(H,22,23,25)/b14-9+. The van der Waals surface area contributed by atoms with Crippen LogP contribution in [0.3, 0.4) is 0 Å². The number of nitrogens with zero attached hydrogens (tertiary/aromatic N) is 2. The van der Waals surface area contributed by atoms with E-state index in [1.54, 1.807) is 24.0 Å². The average molecular weight is 378 g/mol. The second-order valence-electron chi connectivity index (χ2n) is 6.60. The van der Waals surface area contributed by atoms with Crippen LogP contribution in [0.15, 0.2) is 28.3 Å². The SMILES string of the molecule is Cc1onc(NC(=O)N2CC/C(=C\c3cccc(Cl)c3F)C(C)C2)c1C. The van der Waals surface area contributed by atoms with E-state index in [-0.39, 0.29) is 17.0 Å². The van der Waals surface area contributed by atoms with Crippen molar-refractivity contribution in [2.75, 3.05) is 18.4 Å². The second kappa shape index (κ2) is 7.50. The van der Waals surface area contributed by atoms with Crippen molar-refractivity contribution in [3.63, 3.8) is 0 Å². The van der Waals surface area contributed by atoms with Crippen molar-refractivity contribution in [3.8, 4) is 0 Å². The molecule has 1 N–H and O–H groups in total. The zero-order valence-corrected chi connectivity index (χ0v) is 15.7. The third kappa shape index (κ3) is 3.75. The number of urea groups is 1. The van der Waals surface area contributed by atoms with E-state index in [1.807, 2.05) is 19.9 Å². The van der Waals surface area contributed by atoms with Gasteiger partial charge in [0.25, 0.3) is 0 Å². The summed E-state index contributed by atoms with van der Waals surface area (Å²) in [5, 5.41) is 6.76. The highest BCUT2D eigenvalue weighted by Gasteiger charge is 2.25. The summed E-state index contributed by atoms with van der Waals surface area (Å²) in [6.45, 7) is 6.78. The lowest BCUT2D eigenvalue weighted by Crippen LogP contribution is -2.42. The van der Waals surface area contributed by atoms with Gasteiger partial charge in [-0.05, 0) is 32.3 Å². The number of aromatic nitrogens is 1. The summed E-state index contributed by atoms with van der Waals surface area (Å²) in [4.78, 5) is 14.2. The molecule has 1 aliphatic heterocycles. The van der Waals surface area contributed by atoms with Crippen molar-refractivity contribution in [3.05, 3.63) is 51.5 Å². The molecular formula is C19H21ClFN3O2. The number of carbonyl (C=O) groups excluding carboxylic acids is 1. The molecule has 1 atom stereocenters. The highest BCUT2D eigenvalue weighted by Crippen LogP contribution is 2.28. The lowest BCUT2D eigenvalue weighted by atomic mass is 9.91. The fraction of sp³-hybridized carbons (Fsp3) is 0.368. The van der Waals surface area contributed by atoms with Crippen LogP contribution in [-0.4, -0.2) is 29.2 Å². The smallest absolute Gasteiger partial charge is 0.323 e. The summed E-state index contributed by atoms with van der Waals surface area (Å²) in [5.41, 5.74) is 2.40.